The van der Waals surface area contributed by atoms with Crippen LogP contribution in [0.25, 0.3) is 0 Å². The zero-order valence-corrected chi connectivity index (χ0v) is 10.5. The molecule has 0 aliphatic heterocycles. The predicted octanol–water partition coefficient (Wildman–Crippen LogP) is 1.13. The van der Waals surface area contributed by atoms with E-state index in [2.05, 4.69) is 6.07 Å². The fourth-order valence-electron chi connectivity index (χ4n) is 1.75. The highest BCUT2D eigenvalue weighted by Gasteiger charge is 2.16. The minimum atomic E-state index is -0.361. The molecule has 5 nitrogen and oxygen atoms in total. The molecule has 5 heteroatoms. The Labute approximate surface area is 106 Å². The number of esters is 1. The summed E-state index contributed by atoms with van der Waals surface area (Å²) in [6.45, 7) is 2.23. The molecule has 0 atom stereocenters. The van der Waals surface area contributed by atoms with Crippen LogP contribution in [-0.4, -0.2) is 19.7 Å². The molecular weight excluding hydrogens is 232 g/mol. The smallest absolute Gasteiger partial charge is 0.310 e. The number of carbonyl (C=O) groups excluding carboxylic acids is 1. The van der Waals surface area contributed by atoms with Crippen LogP contribution in [0.2, 0.25) is 0 Å². The molecule has 96 valence electrons. The second kappa shape index (κ2) is 6.62. The maximum Gasteiger partial charge on any atom is 0.310 e. The van der Waals surface area contributed by atoms with E-state index in [1.165, 1.54) is 7.11 Å². The van der Waals surface area contributed by atoms with E-state index >= 15 is 0 Å². The Balaban J connectivity index is 3.20. The lowest BCUT2D eigenvalue weighted by molar-refractivity contribution is -0.142. The van der Waals surface area contributed by atoms with E-state index in [1.807, 2.05) is 0 Å². The van der Waals surface area contributed by atoms with E-state index in [0.717, 1.165) is 0 Å². The summed E-state index contributed by atoms with van der Waals surface area (Å²) in [4.78, 5) is 11.5. The van der Waals surface area contributed by atoms with E-state index in [4.69, 9.17) is 20.5 Å². The molecule has 0 radical (unpaired) electrons. The molecule has 0 aliphatic rings. The normalized spacial score (nSPS) is 9.67. The van der Waals surface area contributed by atoms with Gasteiger partial charge in [-0.05, 0) is 24.6 Å². The van der Waals surface area contributed by atoms with Crippen molar-refractivity contribution in [2.45, 2.75) is 19.9 Å². The van der Waals surface area contributed by atoms with Crippen molar-refractivity contribution in [3.8, 4) is 11.8 Å². The molecule has 0 saturated heterocycles. The van der Waals surface area contributed by atoms with Gasteiger partial charge in [-0.1, -0.05) is 0 Å². The van der Waals surface area contributed by atoms with Crippen molar-refractivity contribution in [3.05, 3.63) is 28.8 Å². The number of methoxy groups -OCH3 is 1. The Kier molecular flexibility index (Phi) is 5.15. The largest absolute Gasteiger partial charge is 0.496 e. The fraction of sp³-hybridized carbons (Fsp3) is 0.385. The molecule has 0 amide bonds. The molecule has 1 rings (SSSR count). The molecule has 0 aliphatic carbocycles. The van der Waals surface area contributed by atoms with E-state index in [9.17, 15) is 4.79 Å². The number of benzene rings is 1. The van der Waals surface area contributed by atoms with Crippen LogP contribution in [0.4, 0.5) is 0 Å². The summed E-state index contributed by atoms with van der Waals surface area (Å²) in [6, 6.07) is 5.35. The van der Waals surface area contributed by atoms with Crippen molar-refractivity contribution in [3.63, 3.8) is 0 Å². The van der Waals surface area contributed by atoms with Gasteiger partial charge >= 0.3 is 5.97 Å². The van der Waals surface area contributed by atoms with Crippen LogP contribution < -0.4 is 10.5 Å². The molecule has 0 aromatic heterocycles. The van der Waals surface area contributed by atoms with Gasteiger partial charge in [0.05, 0.1) is 31.8 Å². The number of nitrogens with two attached hydrogens (primary N) is 1. The number of nitrogens with zero attached hydrogens (tertiary/aromatic N) is 1. The molecule has 0 fully saturated rings. The fourth-order valence-corrected chi connectivity index (χ4v) is 1.75. The van der Waals surface area contributed by atoms with Gasteiger partial charge in [0.1, 0.15) is 5.75 Å². The minimum absolute atomic E-state index is 0.0546. The van der Waals surface area contributed by atoms with E-state index < -0.39 is 0 Å². The number of hydrogen-bond acceptors (Lipinski definition) is 5. The molecule has 0 heterocycles. The first-order chi connectivity index (χ1) is 8.67. The topological polar surface area (TPSA) is 85.3 Å². The van der Waals surface area contributed by atoms with Crippen LogP contribution in [0.5, 0.6) is 5.75 Å². The number of hydrogen-bond donors (Lipinski definition) is 1. The second-order valence-electron chi connectivity index (χ2n) is 3.57. The molecule has 1 aromatic carbocycles. The maximum atomic E-state index is 11.5. The average molecular weight is 248 g/mol. The molecule has 18 heavy (non-hydrogen) atoms. The van der Waals surface area contributed by atoms with Crippen LogP contribution in [0.1, 0.15) is 23.6 Å². The second-order valence-corrected chi connectivity index (χ2v) is 3.57. The third kappa shape index (κ3) is 2.99. The summed E-state index contributed by atoms with van der Waals surface area (Å²) in [5.41, 5.74) is 7.35. The third-order valence-electron chi connectivity index (χ3n) is 2.56. The molecule has 0 spiro atoms. The Morgan fingerprint density at radius 2 is 2.17 bits per heavy atom. The molecule has 0 unspecified atom stereocenters. The lowest BCUT2D eigenvalue weighted by Gasteiger charge is -2.13. The predicted molar refractivity (Wildman–Crippen MR) is 65.9 cm³/mol. The molecule has 0 bridgehead atoms. The highest BCUT2D eigenvalue weighted by atomic mass is 16.5. The SMILES string of the molecule is CCOC(=O)Cc1c(OC)ccc(C#N)c1CN. The van der Waals surface area contributed by atoms with Gasteiger partial charge < -0.3 is 15.2 Å². The number of rotatable bonds is 5. The lowest BCUT2D eigenvalue weighted by Crippen LogP contribution is -2.13. The monoisotopic (exact) mass is 248 g/mol. The zero-order chi connectivity index (χ0) is 13.5. The van der Waals surface area contributed by atoms with Crippen molar-refractivity contribution >= 4 is 5.97 Å². The van der Waals surface area contributed by atoms with E-state index in [0.29, 0.717) is 29.0 Å². The van der Waals surface area contributed by atoms with Crippen LogP contribution in [-0.2, 0) is 22.5 Å². The Morgan fingerprint density at radius 1 is 1.44 bits per heavy atom. The van der Waals surface area contributed by atoms with Gasteiger partial charge in [-0.25, -0.2) is 0 Å². The highest BCUT2D eigenvalue weighted by molar-refractivity contribution is 5.75. The Hall–Kier alpha value is -2.06. The zero-order valence-electron chi connectivity index (χ0n) is 10.5. The minimum Gasteiger partial charge on any atom is -0.496 e. The summed E-state index contributed by atoms with van der Waals surface area (Å²) >= 11 is 0. The summed E-state index contributed by atoms with van der Waals surface area (Å²) in [5, 5.41) is 9.01. The van der Waals surface area contributed by atoms with Gasteiger partial charge in [-0.3, -0.25) is 4.79 Å². The Bertz CT molecular complexity index is 478. The van der Waals surface area contributed by atoms with Crippen molar-refractivity contribution < 1.29 is 14.3 Å². The van der Waals surface area contributed by atoms with Gasteiger partial charge in [0.15, 0.2) is 0 Å². The van der Waals surface area contributed by atoms with Crippen molar-refractivity contribution in [2.75, 3.05) is 13.7 Å². The maximum absolute atomic E-state index is 11.5. The number of carbonyl (C=O) groups is 1. The molecule has 1 aromatic rings. The summed E-state index contributed by atoms with van der Waals surface area (Å²) in [6.07, 6.45) is 0.0546. The van der Waals surface area contributed by atoms with Gasteiger partial charge in [0.2, 0.25) is 0 Å². The van der Waals surface area contributed by atoms with Crippen LogP contribution in [0, 0.1) is 11.3 Å². The van der Waals surface area contributed by atoms with Gasteiger partial charge in [-0.15, -0.1) is 0 Å². The summed E-state index contributed by atoms with van der Waals surface area (Å²) < 4.78 is 10.1. The Morgan fingerprint density at radius 3 is 2.67 bits per heavy atom. The molecular formula is C13H16N2O3. The van der Waals surface area contributed by atoms with Crippen molar-refractivity contribution in [1.82, 2.24) is 0 Å². The third-order valence-corrected chi connectivity index (χ3v) is 2.56. The van der Waals surface area contributed by atoms with E-state index in [1.54, 1.807) is 19.1 Å². The van der Waals surface area contributed by atoms with Crippen LogP contribution in [0.3, 0.4) is 0 Å². The molecule has 2 N–H and O–H groups in total. The first-order valence-corrected chi connectivity index (χ1v) is 5.62. The number of nitriles is 1. The quantitative estimate of drug-likeness (QED) is 0.789. The summed E-state index contributed by atoms with van der Waals surface area (Å²) in [5.74, 6) is 0.183. The van der Waals surface area contributed by atoms with Gasteiger partial charge in [-0.2, -0.15) is 5.26 Å². The summed E-state index contributed by atoms with van der Waals surface area (Å²) in [7, 11) is 1.51. The van der Waals surface area contributed by atoms with E-state index in [-0.39, 0.29) is 18.9 Å². The molecule has 0 saturated carbocycles. The van der Waals surface area contributed by atoms with Crippen molar-refractivity contribution in [1.29, 1.82) is 5.26 Å². The van der Waals surface area contributed by atoms with Crippen LogP contribution >= 0.6 is 0 Å². The standard InChI is InChI=1S/C13H16N2O3/c1-3-18-13(16)6-10-11(8-15)9(7-14)4-5-12(10)17-2/h4-5H,3,6,8,15H2,1-2H3. The highest BCUT2D eigenvalue weighted by Crippen LogP contribution is 2.26. The number of ether oxygens (including phenoxy) is 2. The first-order valence-electron chi connectivity index (χ1n) is 5.62. The van der Waals surface area contributed by atoms with Gasteiger partial charge in [0.25, 0.3) is 0 Å². The lowest BCUT2D eigenvalue weighted by atomic mass is 9.98. The van der Waals surface area contributed by atoms with Crippen LogP contribution in [0.15, 0.2) is 12.1 Å². The van der Waals surface area contributed by atoms with Gasteiger partial charge in [0, 0.05) is 12.1 Å². The average Bonchev–Trinajstić information content (AvgIpc) is 2.38. The van der Waals surface area contributed by atoms with Crippen molar-refractivity contribution in [2.24, 2.45) is 5.73 Å². The first kappa shape index (κ1) is 14.0.